The van der Waals surface area contributed by atoms with E-state index in [9.17, 15) is 0 Å². The average molecular weight is 608 g/mol. The van der Waals surface area contributed by atoms with Crippen molar-refractivity contribution >= 4 is 22.3 Å². The summed E-state index contributed by atoms with van der Waals surface area (Å²) >= 11 is 0. The van der Waals surface area contributed by atoms with E-state index >= 15 is 0 Å². The molecule has 47 heavy (non-hydrogen) atoms. The van der Waals surface area contributed by atoms with Crippen molar-refractivity contribution in [2.24, 2.45) is 4.99 Å². The third kappa shape index (κ3) is 5.61. The summed E-state index contributed by atoms with van der Waals surface area (Å²) in [6, 6.07) is 48.1. The van der Waals surface area contributed by atoms with E-state index in [0.717, 1.165) is 56.7 Å². The molecule has 0 radical (unpaired) electrons. The van der Waals surface area contributed by atoms with Crippen LogP contribution in [-0.4, -0.2) is 25.6 Å². The molecule has 3 heterocycles. The van der Waals surface area contributed by atoms with Gasteiger partial charge in [-0.2, -0.15) is 0 Å². The first-order chi connectivity index (χ1) is 23.1. The van der Waals surface area contributed by atoms with Gasteiger partial charge in [-0.15, -0.1) is 0 Å². The Kier molecular flexibility index (Phi) is 7.42. The zero-order chi connectivity index (χ0) is 31.7. The van der Waals surface area contributed by atoms with Crippen LogP contribution in [0.25, 0.3) is 45.1 Å². The maximum absolute atomic E-state index is 5.29. The number of hydrogen-bond acceptors (Lipinski definition) is 5. The highest BCUT2D eigenvalue weighted by atomic mass is 15.0. The van der Waals surface area contributed by atoms with E-state index in [1.165, 1.54) is 11.1 Å². The molecule has 1 atom stereocenters. The van der Waals surface area contributed by atoms with Gasteiger partial charge in [0.15, 0.2) is 17.5 Å². The lowest BCUT2D eigenvalue weighted by Gasteiger charge is -2.26. The van der Waals surface area contributed by atoms with E-state index in [4.69, 9.17) is 24.9 Å². The van der Waals surface area contributed by atoms with E-state index in [2.05, 4.69) is 92.7 Å². The molecule has 0 spiro atoms. The summed E-state index contributed by atoms with van der Waals surface area (Å²) in [5, 5.41) is 1.11. The van der Waals surface area contributed by atoms with E-state index in [-0.39, 0.29) is 5.92 Å². The second-order valence-electron chi connectivity index (χ2n) is 12.3. The number of pyridine rings is 1. The monoisotopic (exact) mass is 607 g/mol. The molecular formula is C42H33N5. The molecular weight excluding hydrogens is 574 g/mol. The van der Waals surface area contributed by atoms with Gasteiger partial charge in [0.25, 0.3) is 0 Å². The molecule has 5 nitrogen and oxygen atoms in total. The molecule has 1 unspecified atom stereocenters. The molecule has 0 saturated heterocycles. The normalized spacial score (nSPS) is 14.2. The highest BCUT2D eigenvalue weighted by Crippen LogP contribution is 2.44. The highest BCUT2D eigenvalue weighted by Gasteiger charge is 2.27. The van der Waals surface area contributed by atoms with Gasteiger partial charge in [0.1, 0.15) is 0 Å². The fourth-order valence-electron chi connectivity index (χ4n) is 6.32. The Morgan fingerprint density at radius 3 is 1.57 bits per heavy atom. The predicted octanol–water partition coefficient (Wildman–Crippen LogP) is 10.2. The van der Waals surface area contributed by atoms with E-state index in [1.54, 1.807) is 0 Å². The second kappa shape index (κ2) is 12.2. The van der Waals surface area contributed by atoms with Gasteiger partial charge in [-0.1, -0.05) is 147 Å². The number of fused-ring (bicyclic) bond motifs is 3. The fraction of sp³-hybridized carbons (Fsp3) is 0.119. The first-order valence-corrected chi connectivity index (χ1v) is 16.1. The Morgan fingerprint density at radius 2 is 1.02 bits per heavy atom. The lowest BCUT2D eigenvalue weighted by atomic mass is 9.81. The van der Waals surface area contributed by atoms with Gasteiger partial charge in [0.2, 0.25) is 0 Å². The van der Waals surface area contributed by atoms with E-state index < -0.39 is 0 Å². The summed E-state index contributed by atoms with van der Waals surface area (Å²) in [4.78, 5) is 25.1. The Morgan fingerprint density at radius 1 is 0.511 bits per heavy atom. The SMILES string of the molecule is CC(C)c1ccc2ccc3c(c2n1)N=C(c1ccccc1)CC3c1ccc(-c2nc(-c3ccccc3)nc(-c3ccccc3)n2)cc1. The van der Waals surface area contributed by atoms with Crippen LogP contribution in [0.4, 0.5) is 5.69 Å². The highest BCUT2D eigenvalue weighted by molar-refractivity contribution is 6.07. The fourth-order valence-corrected chi connectivity index (χ4v) is 6.32. The maximum Gasteiger partial charge on any atom is 0.164 e. The van der Waals surface area contributed by atoms with Gasteiger partial charge in [-0.3, -0.25) is 9.98 Å². The molecule has 0 fully saturated rings. The lowest BCUT2D eigenvalue weighted by molar-refractivity contribution is 0.825. The molecule has 0 amide bonds. The van der Waals surface area contributed by atoms with Crippen molar-refractivity contribution in [1.29, 1.82) is 0 Å². The van der Waals surface area contributed by atoms with Crippen molar-refractivity contribution in [1.82, 2.24) is 19.9 Å². The minimum Gasteiger partial charge on any atom is -0.250 e. The van der Waals surface area contributed by atoms with Crippen LogP contribution in [0.5, 0.6) is 0 Å². The van der Waals surface area contributed by atoms with E-state index in [0.29, 0.717) is 23.4 Å². The van der Waals surface area contributed by atoms with Gasteiger partial charge in [0, 0.05) is 45.8 Å². The van der Waals surface area contributed by atoms with Crippen LogP contribution in [0.3, 0.4) is 0 Å². The molecule has 0 N–H and O–H groups in total. The number of rotatable bonds is 6. The molecule has 5 heteroatoms. The van der Waals surface area contributed by atoms with Crippen LogP contribution in [0.15, 0.2) is 145 Å². The molecule has 1 aliphatic heterocycles. The zero-order valence-corrected chi connectivity index (χ0v) is 26.4. The van der Waals surface area contributed by atoms with Crippen molar-refractivity contribution in [2.45, 2.75) is 32.1 Å². The number of hydrogen-bond donors (Lipinski definition) is 0. The number of benzene rings is 5. The topological polar surface area (TPSA) is 63.9 Å². The third-order valence-corrected chi connectivity index (χ3v) is 8.88. The van der Waals surface area contributed by atoms with Crippen LogP contribution in [0.1, 0.15) is 54.5 Å². The Labute approximate surface area is 274 Å². The lowest BCUT2D eigenvalue weighted by Crippen LogP contribution is -2.15. The largest absolute Gasteiger partial charge is 0.250 e. The van der Waals surface area contributed by atoms with E-state index in [1.807, 2.05) is 60.7 Å². The van der Waals surface area contributed by atoms with Crippen LogP contribution in [0.2, 0.25) is 0 Å². The van der Waals surface area contributed by atoms with Crippen molar-refractivity contribution in [3.8, 4) is 34.2 Å². The standard InChI is InChI=1S/C42H33N5/c1-27(2)36-25-23-30-22-24-34-35(26-37(29-12-6-3-7-13-29)44-39(34)38(30)43-36)28-18-20-33(21-19-28)42-46-40(31-14-8-4-9-15-31)45-41(47-42)32-16-10-5-11-17-32/h3-25,27,35H,26H2,1-2H3. The van der Waals surface area contributed by atoms with Crippen LogP contribution in [0, 0.1) is 0 Å². The van der Waals surface area contributed by atoms with Crippen LogP contribution < -0.4 is 0 Å². The molecule has 2 aromatic heterocycles. The Balaban J connectivity index is 1.23. The van der Waals surface area contributed by atoms with Crippen molar-refractivity contribution in [3.05, 3.63) is 162 Å². The van der Waals surface area contributed by atoms with Gasteiger partial charge < -0.3 is 0 Å². The van der Waals surface area contributed by atoms with Gasteiger partial charge in [0.05, 0.1) is 11.2 Å². The van der Waals surface area contributed by atoms with Gasteiger partial charge in [-0.25, -0.2) is 15.0 Å². The molecule has 0 saturated carbocycles. The molecule has 226 valence electrons. The van der Waals surface area contributed by atoms with Crippen molar-refractivity contribution in [2.75, 3.05) is 0 Å². The third-order valence-electron chi connectivity index (χ3n) is 8.88. The Bertz CT molecular complexity index is 2170. The summed E-state index contributed by atoms with van der Waals surface area (Å²) in [5.74, 6) is 2.42. The number of nitrogens with zero attached hydrogens (tertiary/aromatic N) is 5. The zero-order valence-electron chi connectivity index (χ0n) is 26.4. The number of aliphatic imine (C=N–C) groups is 1. The summed E-state index contributed by atoms with van der Waals surface area (Å²) in [6.45, 7) is 4.37. The van der Waals surface area contributed by atoms with Crippen LogP contribution >= 0.6 is 0 Å². The molecule has 5 aromatic carbocycles. The van der Waals surface area contributed by atoms with Crippen molar-refractivity contribution < 1.29 is 0 Å². The van der Waals surface area contributed by atoms with Crippen molar-refractivity contribution in [3.63, 3.8) is 0 Å². The average Bonchev–Trinajstić information content (AvgIpc) is 3.15. The molecule has 8 rings (SSSR count). The maximum atomic E-state index is 5.29. The first-order valence-electron chi connectivity index (χ1n) is 16.1. The van der Waals surface area contributed by atoms with Gasteiger partial charge >= 0.3 is 0 Å². The Hall–Kier alpha value is -5.81. The minimum absolute atomic E-state index is 0.124. The number of aromatic nitrogens is 4. The first kappa shape index (κ1) is 28.6. The minimum atomic E-state index is 0.124. The van der Waals surface area contributed by atoms with Gasteiger partial charge in [-0.05, 0) is 28.7 Å². The quantitative estimate of drug-likeness (QED) is 0.189. The molecule has 0 bridgehead atoms. The molecule has 7 aromatic rings. The second-order valence-corrected chi connectivity index (χ2v) is 12.3. The summed E-state index contributed by atoms with van der Waals surface area (Å²) in [6.07, 6.45) is 0.799. The smallest absolute Gasteiger partial charge is 0.164 e. The summed E-state index contributed by atoms with van der Waals surface area (Å²) in [7, 11) is 0. The predicted molar refractivity (Wildman–Crippen MR) is 191 cm³/mol. The van der Waals surface area contributed by atoms with Crippen LogP contribution in [-0.2, 0) is 0 Å². The summed E-state index contributed by atoms with van der Waals surface area (Å²) in [5.41, 5.74) is 10.5. The molecule has 1 aliphatic rings. The summed E-state index contributed by atoms with van der Waals surface area (Å²) < 4.78 is 0. The molecule has 0 aliphatic carbocycles.